The number of sulfonamides is 1. The average Bonchev–Trinajstić information content (AvgIpc) is 2.71. The molecule has 1 heterocycles. The molecule has 0 spiro atoms. The fourth-order valence-corrected chi connectivity index (χ4v) is 4.42. The van der Waals surface area contributed by atoms with Crippen molar-refractivity contribution < 1.29 is 12.8 Å². The van der Waals surface area contributed by atoms with E-state index in [-0.39, 0.29) is 9.37 Å². The van der Waals surface area contributed by atoms with E-state index < -0.39 is 21.9 Å². The number of hydrogen-bond acceptors (Lipinski definition) is 4. The molecule has 4 nitrogen and oxygen atoms in total. The number of nitrogens with zero attached hydrogens (tertiary/aromatic N) is 1. The summed E-state index contributed by atoms with van der Waals surface area (Å²) in [7, 11) is -3.79. The second kappa shape index (κ2) is 6.12. The Kier molecular flexibility index (Phi) is 4.82. The van der Waals surface area contributed by atoms with E-state index in [9.17, 15) is 12.8 Å². The molecule has 0 fully saturated rings. The maximum atomic E-state index is 13.5. The van der Waals surface area contributed by atoms with Crippen molar-refractivity contribution in [1.29, 1.82) is 0 Å². The van der Waals surface area contributed by atoms with Crippen LogP contribution in [0.3, 0.4) is 0 Å². The van der Waals surface area contributed by atoms with Crippen molar-refractivity contribution in [2.75, 3.05) is 0 Å². The van der Waals surface area contributed by atoms with Crippen LogP contribution in [-0.4, -0.2) is 13.4 Å². The van der Waals surface area contributed by atoms with Crippen LogP contribution >= 0.6 is 27.3 Å². The van der Waals surface area contributed by atoms with Crippen LogP contribution in [0.25, 0.3) is 0 Å². The zero-order valence-corrected chi connectivity index (χ0v) is 14.9. The number of benzene rings is 1. The predicted octanol–water partition coefficient (Wildman–Crippen LogP) is 3.70. The molecule has 1 N–H and O–H groups in total. The van der Waals surface area contributed by atoms with Crippen LogP contribution in [-0.2, 0) is 10.0 Å². The molecule has 8 heteroatoms. The minimum absolute atomic E-state index is 0.103. The van der Waals surface area contributed by atoms with Crippen LogP contribution in [0.15, 0.2) is 27.6 Å². The van der Waals surface area contributed by atoms with Crippen LogP contribution in [0.1, 0.15) is 28.5 Å². The molecule has 0 saturated heterocycles. The lowest BCUT2D eigenvalue weighted by molar-refractivity contribution is 0.564. The first-order chi connectivity index (χ1) is 9.70. The number of halogens is 2. The number of aromatic nitrogens is 1. The van der Waals surface area contributed by atoms with Gasteiger partial charge in [-0.25, -0.2) is 22.5 Å². The van der Waals surface area contributed by atoms with Gasteiger partial charge in [0.1, 0.15) is 5.82 Å². The molecule has 2 aromatic rings. The third-order valence-electron chi connectivity index (χ3n) is 2.87. The zero-order chi connectivity index (χ0) is 15.8. The molecule has 0 radical (unpaired) electrons. The summed E-state index contributed by atoms with van der Waals surface area (Å²) in [6.07, 6.45) is 0. The van der Waals surface area contributed by atoms with Crippen molar-refractivity contribution in [3.8, 4) is 0 Å². The standard InChI is InChI=1S/C13H14BrFN2O2S2/c1-7-13(20-9(3)16-7)8(2)17-21(18,19)10-4-5-11(14)12(15)6-10/h4-6,8,17H,1-3H3. The Bertz CT molecular complexity index is 774. The highest BCUT2D eigenvalue weighted by atomic mass is 79.9. The van der Waals surface area contributed by atoms with Crippen molar-refractivity contribution in [3.63, 3.8) is 0 Å². The van der Waals surface area contributed by atoms with Crippen LogP contribution in [0.5, 0.6) is 0 Å². The quantitative estimate of drug-likeness (QED) is 0.862. The van der Waals surface area contributed by atoms with Crippen LogP contribution in [0.2, 0.25) is 0 Å². The van der Waals surface area contributed by atoms with Crippen molar-refractivity contribution >= 4 is 37.3 Å². The van der Waals surface area contributed by atoms with Gasteiger partial charge in [-0.15, -0.1) is 11.3 Å². The van der Waals surface area contributed by atoms with Gasteiger partial charge in [0.05, 0.1) is 26.1 Å². The molecule has 1 unspecified atom stereocenters. The lowest BCUT2D eigenvalue weighted by atomic mass is 10.2. The number of aryl methyl sites for hydroxylation is 2. The number of rotatable bonds is 4. The number of nitrogens with one attached hydrogen (secondary N) is 1. The first-order valence-corrected chi connectivity index (χ1v) is 9.21. The lowest BCUT2D eigenvalue weighted by Crippen LogP contribution is -2.26. The molecule has 21 heavy (non-hydrogen) atoms. The topological polar surface area (TPSA) is 59.1 Å². The van der Waals surface area contributed by atoms with Gasteiger partial charge in [0, 0.05) is 4.88 Å². The molecule has 0 aliphatic rings. The molecule has 0 saturated carbocycles. The Morgan fingerprint density at radius 1 is 1.38 bits per heavy atom. The second-order valence-corrected chi connectivity index (χ2v) is 8.40. The Morgan fingerprint density at radius 2 is 2.05 bits per heavy atom. The summed E-state index contributed by atoms with van der Waals surface area (Å²) in [4.78, 5) is 5.03. The van der Waals surface area contributed by atoms with Crippen LogP contribution < -0.4 is 4.72 Å². The molecule has 114 valence electrons. The summed E-state index contributed by atoms with van der Waals surface area (Å²) in [5.74, 6) is -0.615. The molecule has 1 aromatic heterocycles. The monoisotopic (exact) mass is 392 g/mol. The van der Waals surface area contributed by atoms with Gasteiger partial charge in [-0.3, -0.25) is 0 Å². The Labute approximate surface area is 135 Å². The molecule has 0 amide bonds. The maximum Gasteiger partial charge on any atom is 0.241 e. The predicted molar refractivity (Wildman–Crippen MR) is 84.4 cm³/mol. The van der Waals surface area contributed by atoms with E-state index in [1.807, 2.05) is 13.8 Å². The minimum Gasteiger partial charge on any atom is -0.247 e. The summed E-state index contributed by atoms with van der Waals surface area (Å²) >= 11 is 4.44. The van der Waals surface area contributed by atoms with Gasteiger partial charge in [0.15, 0.2) is 0 Å². The minimum atomic E-state index is -3.79. The van der Waals surface area contributed by atoms with E-state index in [0.29, 0.717) is 0 Å². The van der Waals surface area contributed by atoms with Crippen LogP contribution in [0.4, 0.5) is 4.39 Å². The van der Waals surface area contributed by atoms with E-state index in [1.165, 1.54) is 23.5 Å². The molecule has 0 aliphatic heterocycles. The van der Waals surface area contributed by atoms with Crippen molar-refractivity contribution in [1.82, 2.24) is 9.71 Å². The van der Waals surface area contributed by atoms with Gasteiger partial charge in [-0.05, 0) is 54.9 Å². The van der Waals surface area contributed by atoms with Gasteiger partial charge in [0.25, 0.3) is 0 Å². The molecule has 0 aliphatic carbocycles. The van der Waals surface area contributed by atoms with E-state index in [2.05, 4.69) is 25.6 Å². The van der Waals surface area contributed by atoms with Crippen molar-refractivity contribution in [3.05, 3.63) is 44.1 Å². The smallest absolute Gasteiger partial charge is 0.241 e. The molecule has 0 bridgehead atoms. The molecule has 1 aromatic carbocycles. The van der Waals surface area contributed by atoms with Gasteiger partial charge in [-0.2, -0.15) is 0 Å². The Morgan fingerprint density at radius 3 is 2.57 bits per heavy atom. The highest BCUT2D eigenvalue weighted by molar-refractivity contribution is 9.10. The summed E-state index contributed by atoms with van der Waals surface area (Å²) in [5, 5.41) is 0.878. The highest BCUT2D eigenvalue weighted by Gasteiger charge is 2.22. The van der Waals surface area contributed by atoms with Crippen molar-refractivity contribution in [2.45, 2.75) is 31.7 Å². The zero-order valence-electron chi connectivity index (χ0n) is 11.6. The Balaban J connectivity index is 2.28. The fourth-order valence-electron chi connectivity index (χ4n) is 1.95. The van der Waals surface area contributed by atoms with Crippen molar-refractivity contribution in [2.24, 2.45) is 0 Å². The van der Waals surface area contributed by atoms with Crippen LogP contribution in [0, 0.1) is 19.7 Å². The SMILES string of the molecule is Cc1nc(C)c(C(C)NS(=O)(=O)c2ccc(Br)c(F)c2)s1. The molecule has 2 rings (SSSR count). The molecule has 1 atom stereocenters. The summed E-state index contributed by atoms with van der Waals surface area (Å²) in [6, 6.07) is 3.29. The first kappa shape index (κ1) is 16.5. The normalized spacial score (nSPS) is 13.4. The van der Waals surface area contributed by atoms with E-state index >= 15 is 0 Å². The van der Waals surface area contributed by atoms with E-state index in [4.69, 9.17) is 0 Å². The fraction of sp³-hybridized carbons (Fsp3) is 0.308. The summed E-state index contributed by atoms with van der Waals surface area (Å²) in [6.45, 7) is 5.45. The van der Waals surface area contributed by atoms with E-state index in [1.54, 1.807) is 6.92 Å². The maximum absolute atomic E-state index is 13.5. The molecular weight excluding hydrogens is 379 g/mol. The second-order valence-electron chi connectivity index (χ2n) is 4.60. The van der Waals surface area contributed by atoms with Gasteiger partial charge in [0.2, 0.25) is 10.0 Å². The first-order valence-electron chi connectivity index (χ1n) is 6.12. The average molecular weight is 393 g/mol. The number of thiazole rings is 1. The highest BCUT2D eigenvalue weighted by Crippen LogP contribution is 2.26. The molecular formula is C13H14BrFN2O2S2. The largest absolute Gasteiger partial charge is 0.247 e. The van der Waals surface area contributed by atoms with Gasteiger partial charge >= 0.3 is 0 Å². The van der Waals surface area contributed by atoms with E-state index in [0.717, 1.165) is 21.6 Å². The van der Waals surface area contributed by atoms with Gasteiger partial charge in [-0.1, -0.05) is 0 Å². The summed E-state index contributed by atoms with van der Waals surface area (Å²) < 4.78 is 40.8. The third kappa shape index (κ3) is 3.68. The lowest BCUT2D eigenvalue weighted by Gasteiger charge is -2.13. The third-order valence-corrected chi connectivity index (χ3v) is 6.30. The Hall–Kier alpha value is -0.830. The number of hydrogen-bond donors (Lipinski definition) is 1. The van der Waals surface area contributed by atoms with Gasteiger partial charge < -0.3 is 0 Å². The summed E-state index contributed by atoms with van der Waals surface area (Å²) in [5.41, 5.74) is 0.801.